The van der Waals surface area contributed by atoms with Gasteiger partial charge in [0.2, 0.25) is 0 Å². The van der Waals surface area contributed by atoms with Gasteiger partial charge in [0.25, 0.3) is 6.08 Å². The standard InChI is InChI=1S/C4H4F2O/c1-3(7)2-4(5)6/h2H,1H3. The van der Waals surface area contributed by atoms with E-state index in [0.29, 0.717) is 0 Å². The normalized spacial score (nSPS) is 7.86. The number of halogens is 2. The molecule has 0 aromatic carbocycles. The van der Waals surface area contributed by atoms with Gasteiger partial charge < -0.3 is 0 Å². The number of rotatable bonds is 1. The molecule has 0 aromatic rings. The molecule has 0 saturated heterocycles. The molecule has 1 nitrogen and oxygen atoms in total. The largest absolute Gasteiger partial charge is 0.295 e. The SMILES string of the molecule is CC(=O)C=C(F)F. The maximum atomic E-state index is 10.9. The lowest BCUT2D eigenvalue weighted by molar-refractivity contribution is -0.112. The summed E-state index contributed by atoms with van der Waals surface area (Å²) in [6.07, 6.45) is -1.66. The zero-order valence-electron chi connectivity index (χ0n) is 3.74. The number of ketones is 1. The van der Waals surface area contributed by atoms with Crippen LogP contribution in [0.15, 0.2) is 12.2 Å². The fourth-order valence-corrected chi connectivity index (χ4v) is 0.154. The van der Waals surface area contributed by atoms with Crippen LogP contribution in [0.1, 0.15) is 6.92 Å². The van der Waals surface area contributed by atoms with Gasteiger partial charge in [0, 0.05) is 6.08 Å². The van der Waals surface area contributed by atoms with Crippen molar-refractivity contribution in [1.82, 2.24) is 0 Å². The van der Waals surface area contributed by atoms with Crippen molar-refractivity contribution in [3.05, 3.63) is 12.2 Å². The number of hydrogen-bond acceptors (Lipinski definition) is 1. The van der Waals surface area contributed by atoms with Crippen LogP contribution in [0.3, 0.4) is 0 Å². The second-order valence-electron chi connectivity index (χ2n) is 1.04. The van der Waals surface area contributed by atoms with Crippen LogP contribution in [-0.2, 0) is 4.79 Å². The second kappa shape index (κ2) is 2.44. The van der Waals surface area contributed by atoms with E-state index in [4.69, 9.17) is 0 Å². The van der Waals surface area contributed by atoms with Crippen LogP contribution >= 0.6 is 0 Å². The van der Waals surface area contributed by atoms with Crippen LogP contribution in [0, 0.1) is 0 Å². The van der Waals surface area contributed by atoms with Gasteiger partial charge in [0.1, 0.15) is 0 Å². The van der Waals surface area contributed by atoms with E-state index < -0.39 is 11.9 Å². The van der Waals surface area contributed by atoms with Crippen LogP contribution in [0.25, 0.3) is 0 Å². The first-order chi connectivity index (χ1) is 3.13. The maximum absolute atomic E-state index is 10.9. The van der Waals surface area contributed by atoms with Crippen molar-refractivity contribution in [3.8, 4) is 0 Å². The second-order valence-corrected chi connectivity index (χ2v) is 1.04. The topological polar surface area (TPSA) is 17.1 Å². The summed E-state index contributed by atoms with van der Waals surface area (Å²) in [6.45, 7) is 1.07. The molecule has 0 saturated carbocycles. The fraction of sp³-hybridized carbons (Fsp3) is 0.250. The van der Waals surface area contributed by atoms with Crippen molar-refractivity contribution in [2.75, 3.05) is 0 Å². The maximum Gasteiger partial charge on any atom is 0.273 e. The molecule has 3 heteroatoms. The molecule has 0 bridgehead atoms. The van der Waals surface area contributed by atoms with Gasteiger partial charge in [0.05, 0.1) is 0 Å². The van der Waals surface area contributed by atoms with Crippen molar-refractivity contribution >= 4 is 5.78 Å². The Kier molecular flexibility index (Phi) is 2.19. The fourth-order valence-electron chi connectivity index (χ4n) is 0.154. The third-order valence-corrected chi connectivity index (χ3v) is 0.312. The molecule has 0 N–H and O–H groups in total. The number of hydrogen-bond donors (Lipinski definition) is 0. The zero-order chi connectivity index (χ0) is 5.86. The average Bonchev–Trinajstić information content (AvgIpc) is 1.27. The smallest absolute Gasteiger partial charge is 0.273 e. The first-order valence-corrected chi connectivity index (χ1v) is 1.66. The van der Waals surface area contributed by atoms with E-state index in [1.807, 2.05) is 0 Å². The molecule has 0 atom stereocenters. The minimum Gasteiger partial charge on any atom is -0.295 e. The summed E-state index contributed by atoms with van der Waals surface area (Å²) in [5.74, 6) is -0.625. The van der Waals surface area contributed by atoms with E-state index >= 15 is 0 Å². The molecule has 0 heterocycles. The molecule has 0 aliphatic rings. The Morgan fingerprint density at radius 2 is 2.00 bits per heavy atom. The minimum atomic E-state index is -1.94. The molecule has 0 aliphatic heterocycles. The average molecular weight is 106 g/mol. The summed E-state index contributed by atoms with van der Waals surface area (Å²) in [4.78, 5) is 9.70. The lowest BCUT2D eigenvalue weighted by Crippen LogP contribution is -1.79. The van der Waals surface area contributed by atoms with E-state index in [9.17, 15) is 13.6 Å². The summed E-state index contributed by atoms with van der Waals surface area (Å²) >= 11 is 0. The Labute approximate surface area is 39.6 Å². The van der Waals surface area contributed by atoms with Gasteiger partial charge in [-0.2, -0.15) is 8.78 Å². The molecule has 40 valence electrons. The molecule has 0 amide bonds. The number of carbonyl (C=O) groups is 1. The molecular formula is C4H4F2O. The van der Waals surface area contributed by atoms with Gasteiger partial charge in [-0.25, -0.2) is 0 Å². The Morgan fingerprint density at radius 3 is 2.00 bits per heavy atom. The summed E-state index contributed by atoms with van der Waals surface area (Å²) in [6, 6.07) is 0. The van der Waals surface area contributed by atoms with E-state index in [2.05, 4.69) is 0 Å². The molecule has 0 rings (SSSR count). The van der Waals surface area contributed by atoms with Gasteiger partial charge >= 0.3 is 0 Å². The predicted octanol–water partition coefficient (Wildman–Crippen LogP) is 1.36. The first-order valence-electron chi connectivity index (χ1n) is 1.66. The quantitative estimate of drug-likeness (QED) is 0.461. The minimum absolute atomic E-state index is 0.278. The molecule has 0 spiro atoms. The van der Waals surface area contributed by atoms with Crippen molar-refractivity contribution in [1.29, 1.82) is 0 Å². The Morgan fingerprint density at radius 1 is 1.57 bits per heavy atom. The molecule has 0 fully saturated rings. The van der Waals surface area contributed by atoms with E-state index in [1.54, 1.807) is 0 Å². The van der Waals surface area contributed by atoms with Crippen LogP contribution in [0.2, 0.25) is 0 Å². The lowest BCUT2D eigenvalue weighted by atomic mass is 10.4. The number of carbonyl (C=O) groups excluding carboxylic acids is 1. The van der Waals surface area contributed by atoms with Gasteiger partial charge in [-0.3, -0.25) is 4.79 Å². The Hall–Kier alpha value is -0.730. The van der Waals surface area contributed by atoms with E-state index in [1.165, 1.54) is 0 Å². The van der Waals surface area contributed by atoms with Crippen molar-refractivity contribution in [2.45, 2.75) is 6.92 Å². The third kappa shape index (κ3) is 5.27. The highest BCUT2D eigenvalue weighted by atomic mass is 19.3. The first kappa shape index (κ1) is 6.27. The van der Waals surface area contributed by atoms with Gasteiger partial charge in [-0.1, -0.05) is 0 Å². The van der Waals surface area contributed by atoms with Crippen LogP contribution < -0.4 is 0 Å². The van der Waals surface area contributed by atoms with Crippen molar-refractivity contribution in [3.63, 3.8) is 0 Å². The van der Waals surface area contributed by atoms with Crippen LogP contribution in [-0.4, -0.2) is 5.78 Å². The van der Waals surface area contributed by atoms with Gasteiger partial charge in [0.15, 0.2) is 5.78 Å². The van der Waals surface area contributed by atoms with E-state index in [-0.39, 0.29) is 6.08 Å². The Balaban J connectivity index is 3.68. The van der Waals surface area contributed by atoms with Crippen LogP contribution in [0.5, 0.6) is 0 Å². The predicted molar refractivity (Wildman–Crippen MR) is 21.0 cm³/mol. The summed E-state index contributed by atoms with van der Waals surface area (Å²) in [5, 5.41) is 0. The van der Waals surface area contributed by atoms with Gasteiger partial charge in [-0.15, -0.1) is 0 Å². The zero-order valence-corrected chi connectivity index (χ0v) is 3.74. The third-order valence-electron chi connectivity index (χ3n) is 0.312. The highest BCUT2D eigenvalue weighted by Crippen LogP contribution is 1.94. The molecule has 0 aromatic heterocycles. The monoisotopic (exact) mass is 106 g/mol. The lowest BCUT2D eigenvalue weighted by Gasteiger charge is -1.72. The highest BCUT2D eigenvalue weighted by Gasteiger charge is 1.88. The van der Waals surface area contributed by atoms with Gasteiger partial charge in [-0.05, 0) is 6.92 Å². The highest BCUT2D eigenvalue weighted by molar-refractivity contribution is 5.87. The summed E-state index contributed by atoms with van der Waals surface area (Å²) in [7, 11) is 0. The molecule has 7 heavy (non-hydrogen) atoms. The Bertz CT molecular complexity index is 102. The van der Waals surface area contributed by atoms with E-state index in [0.717, 1.165) is 6.92 Å². The summed E-state index contributed by atoms with van der Waals surface area (Å²) in [5.41, 5.74) is 0. The summed E-state index contributed by atoms with van der Waals surface area (Å²) < 4.78 is 21.9. The number of allylic oxidation sites excluding steroid dienone is 1. The van der Waals surface area contributed by atoms with Crippen LogP contribution in [0.4, 0.5) is 8.78 Å². The van der Waals surface area contributed by atoms with Crippen molar-refractivity contribution in [2.24, 2.45) is 0 Å². The molecule has 0 radical (unpaired) electrons. The molecule has 0 aliphatic carbocycles. The molecular weight excluding hydrogens is 102 g/mol. The van der Waals surface area contributed by atoms with Crippen molar-refractivity contribution < 1.29 is 13.6 Å². The molecule has 0 unspecified atom stereocenters.